The van der Waals surface area contributed by atoms with Gasteiger partial charge in [-0.15, -0.1) is 11.3 Å². The SMILES string of the molecule is COc1cccc(-c2cn3c(C(=O)N4CC[C@@H](NC(C)=O)C4)csc3n2)c1. The molecule has 2 amide bonds. The Balaban J connectivity index is 1.59. The summed E-state index contributed by atoms with van der Waals surface area (Å²) < 4.78 is 7.12. The minimum Gasteiger partial charge on any atom is -0.497 e. The summed E-state index contributed by atoms with van der Waals surface area (Å²) in [5.41, 5.74) is 2.34. The fourth-order valence-electron chi connectivity index (χ4n) is 3.37. The number of hydrogen-bond donors (Lipinski definition) is 1. The molecule has 1 atom stereocenters. The number of thiazole rings is 1. The maximum Gasteiger partial charge on any atom is 0.271 e. The summed E-state index contributed by atoms with van der Waals surface area (Å²) in [5, 5.41) is 4.72. The lowest BCUT2D eigenvalue weighted by Gasteiger charge is -2.16. The van der Waals surface area contributed by atoms with E-state index in [1.165, 1.54) is 18.3 Å². The first kappa shape index (κ1) is 17.5. The predicted octanol–water partition coefficient (Wildman–Crippen LogP) is 2.42. The first-order valence-corrected chi connectivity index (χ1v) is 9.60. The number of imidazole rings is 1. The number of carbonyl (C=O) groups excluding carboxylic acids is 2. The van der Waals surface area contributed by atoms with Crippen molar-refractivity contribution in [3.63, 3.8) is 0 Å². The first-order valence-electron chi connectivity index (χ1n) is 8.72. The van der Waals surface area contributed by atoms with Gasteiger partial charge in [-0.2, -0.15) is 0 Å². The molecule has 3 aromatic rings. The highest BCUT2D eigenvalue weighted by atomic mass is 32.1. The van der Waals surface area contributed by atoms with Crippen LogP contribution in [0, 0.1) is 0 Å². The smallest absolute Gasteiger partial charge is 0.271 e. The summed E-state index contributed by atoms with van der Waals surface area (Å²) in [7, 11) is 1.63. The van der Waals surface area contributed by atoms with Crippen LogP contribution in [0.2, 0.25) is 0 Å². The lowest BCUT2D eigenvalue weighted by Crippen LogP contribution is -2.37. The Morgan fingerprint density at radius 3 is 3.00 bits per heavy atom. The van der Waals surface area contributed by atoms with Crippen LogP contribution >= 0.6 is 11.3 Å². The third kappa shape index (κ3) is 3.40. The molecule has 0 bridgehead atoms. The van der Waals surface area contributed by atoms with Crippen molar-refractivity contribution in [1.82, 2.24) is 19.6 Å². The molecule has 4 rings (SSSR count). The second kappa shape index (κ2) is 7.03. The normalized spacial score (nSPS) is 16.7. The monoisotopic (exact) mass is 384 g/mol. The van der Waals surface area contributed by atoms with E-state index in [2.05, 4.69) is 10.3 Å². The number of nitrogens with zero attached hydrogens (tertiary/aromatic N) is 3. The molecule has 0 unspecified atom stereocenters. The number of ether oxygens (including phenoxy) is 1. The van der Waals surface area contributed by atoms with Crippen LogP contribution in [0.5, 0.6) is 5.75 Å². The summed E-state index contributed by atoms with van der Waals surface area (Å²) in [6.45, 7) is 2.67. The van der Waals surface area contributed by atoms with Gasteiger partial charge in [0.2, 0.25) is 5.91 Å². The van der Waals surface area contributed by atoms with Crippen LogP contribution in [-0.2, 0) is 4.79 Å². The fraction of sp³-hybridized carbons (Fsp3) is 0.316. The van der Waals surface area contributed by atoms with Gasteiger partial charge < -0.3 is 15.0 Å². The summed E-state index contributed by atoms with van der Waals surface area (Å²) >= 11 is 1.44. The fourth-order valence-corrected chi connectivity index (χ4v) is 4.22. The van der Waals surface area contributed by atoms with Gasteiger partial charge in [-0.3, -0.25) is 14.0 Å². The van der Waals surface area contributed by atoms with Crippen molar-refractivity contribution in [1.29, 1.82) is 0 Å². The van der Waals surface area contributed by atoms with Gasteiger partial charge in [-0.1, -0.05) is 12.1 Å². The van der Waals surface area contributed by atoms with E-state index in [0.29, 0.717) is 18.8 Å². The zero-order chi connectivity index (χ0) is 19.0. The molecule has 1 aliphatic heterocycles. The molecule has 1 aliphatic rings. The van der Waals surface area contributed by atoms with E-state index in [4.69, 9.17) is 4.74 Å². The number of likely N-dealkylation sites (tertiary alicyclic amines) is 1. The topological polar surface area (TPSA) is 75.9 Å². The summed E-state index contributed by atoms with van der Waals surface area (Å²) in [4.78, 5) is 31.4. The van der Waals surface area contributed by atoms with E-state index in [1.807, 2.05) is 40.2 Å². The standard InChI is InChI=1S/C19H20N4O3S/c1-12(24)20-14-6-7-22(9-14)18(25)17-11-27-19-21-16(10-23(17)19)13-4-3-5-15(8-13)26-2/h3-5,8,10-11,14H,6-7,9H2,1-2H3,(H,20,24)/t14-/m1/s1. The van der Waals surface area contributed by atoms with E-state index in [0.717, 1.165) is 28.4 Å². The molecule has 8 heteroatoms. The number of nitrogens with one attached hydrogen (secondary N) is 1. The molecule has 2 aromatic heterocycles. The van der Waals surface area contributed by atoms with Crippen molar-refractivity contribution >= 4 is 28.1 Å². The van der Waals surface area contributed by atoms with Crippen LogP contribution in [0.15, 0.2) is 35.8 Å². The molecule has 1 fully saturated rings. The second-order valence-electron chi connectivity index (χ2n) is 6.57. The third-order valence-corrected chi connectivity index (χ3v) is 5.52. The van der Waals surface area contributed by atoms with Crippen LogP contribution in [0.3, 0.4) is 0 Å². The molecule has 0 saturated carbocycles. The first-order chi connectivity index (χ1) is 13.0. The van der Waals surface area contributed by atoms with Crippen LogP contribution in [0.4, 0.5) is 0 Å². The second-order valence-corrected chi connectivity index (χ2v) is 7.41. The minimum absolute atomic E-state index is 0.0238. The van der Waals surface area contributed by atoms with E-state index < -0.39 is 0 Å². The largest absolute Gasteiger partial charge is 0.497 e. The number of rotatable bonds is 4. The van der Waals surface area contributed by atoms with Gasteiger partial charge in [-0.25, -0.2) is 4.98 Å². The van der Waals surface area contributed by atoms with Crippen molar-refractivity contribution in [2.45, 2.75) is 19.4 Å². The average Bonchev–Trinajstić information content (AvgIpc) is 3.36. The molecule has 1 N–H and O–H groups in total. The highest BCUT2D eigenvalue weighted by molar-refractivity contribution is 7.15. The number of hydrogen-bond acceptors (Lipinski definition) is 5. The maximum absolute atomic E-state index is 13.0. The van der Waals surface area contributed by atoms with Crippen LogP contribution in [-0.4, -0.2) is 52.3 Å². The van der Waals surface area contributed by atoms with Crippen LogP contribution in [0.25, 0.3) is 16.2 Å². The van der Waals surface area contributed by atoms with E-state index in [1.54, 1.807) is 12.0 Å². The van der Waals surface area contributed by atoms with Crippen LogP contribution in [0.1, 0.15) is 23.8 Å². The van der Waals surface area contributed by atoms with Crippen LogP contribution < -0.4 is 10.1 Å². The van der Waals surface area contributed by atoms with E-state index in [9.17, 15) is 9.59 Å². The van der Waals surface area contributed by atoms with E-state index >= 15 is 0 Å². The number of methoxy groups -OCH3 is 1. The van der Waals surface area contributed by atoms with Crippen molar-refractivity contribution in [2.75, 3.05) is 20.2 Å². The molecule has 7 nitrogen and oxygen atoms in total. The quantitative estimate of drug-likeness (QED) is 0.750. The molecule has 3 heterocycles. The Kier molecular flexibility index (Phi) is 4.57. The van der Waals surface area contributed by atoms with Crippen molar-refractivity contribution in [3.8, 4) is 17.0 Å². The summed E-state index contributed by atoms with van der Waals surface area (Å²) in [5.74, 6) is 0.662. The van der Waals surface area contributed by atoms with Gasteiger partial charge in [0.15, 0.2) is 4.96 Å². The molecule has 0 spiro atoms. The number of aromatic nitrogens is 2. The number of benzene rings is 1. The van der Waals surface area contributed by atoms with Crippen molar-refractivity contribution in [2.24, 2.45) is 0 Å². The maximum atomic E-state index is 13.0. The Morgan fingerprint density at radius 2 is 2.22 bits per heavy atom. The lowest BCUT2D eigenvalue weighted by molar-refractivity contribution is -0.119. The number of fused-ring (bicyclic) bond motifs is 1. The molecule has 140 valence electrons. The molecule has 1 aromatic carbocycles. The van der Waals surface area contributed by atoms with E-state index in [-0.39, 0.29) is 17.9 Å². The highest BCUT2D eigenvalue weighted by Crippen LogP contribution is 2.27. The third-order valence-electron chi connectivity index (χ3n) is 4.68. The van der Waals surface area contributed by atoms with Gasteiger partial charge in [0.25, 0.3) is 5.91 Å². The van der Waals surface area contributed by atoms with Crippen molar-refractivity contribution < 1.29 is 14.3 Å². The number of amides is 2. The van der Waals surface area contributed by atoms with Crippen molar-refractivity contribution in [3.05, 3.63) is 41.5 Å². The summed E-state index contributed by atoms with van der Waals surface area (Å²) in [6.07, 6.45) is 2.66. The molecular formula is C19H20N4O3S. The van der Waals surface area contributed by atoms with Gasteiger partial charge >= 0.3 is 0 Å². The van der Waals surface area contributed by atoms with Gasteiger partial charge in [0, 0.05) is 43.2 Å². The zero-order valence-corrected chi connectivity index (χ0v) is 16.0. The number of carbonyl (C=O) groups is 2. The highest BCUT2D eigenvalue weighted by Gasteiger charge is 2.29. The molecular weight excluding hydrogens is 364 g/mol. The molecule has 0 aliphatic carbocycles. The Morgan fingerprint density at radius 1 is 1.37 bits per heavy atom. The van der Waals surface area contributed by atoms with Gasteiger partial charge in [0.05, 0.1) is 12.8 Å². The molecule has 1 saturated heterocycles. The summed E-state index contributed by atoms with van der Waals surface area (Å²) in [6, 6.07) is 7.72. The average molecular weight is 384 g/mol. The van der Waals surface area contributed by atoms with Gasteiger partial charge in [0.1, 0.15) is 11.4 Å². The predicted molar refractivity (Wildman–Crippen MR) is 103 cm³/mol. The minimum atomic E-state index is -0.0650. The Hall–Kier alpha value is -2.87. The molecule has 0 radical (unpaired) electrons. The Bertz CT molecular complexity index is 1010. The Labute approximate surface area is 160 Å². The van der Waals surface area contributed by atoms with Gasteiger partial charge in [-0.05, 0) is 18.6 Å². The lowest BCUT2D eigenvalue weighted by atomic mass is 10.1. The molecule has 27 heavy (non-hydrogen) atoms. The zero-order valence-electron chi connectivity index (χ0n) is 15.1.